The van der Waals surface area contributed by atoms with Crippen LogP contribution in [0.5, 0.6) is 0 Å². The smallest absolute Gasteiger partial charge is 0.223 e. The summed E-state index contributed by atoms with van der Waals surface area (Å²) in [6.45, 7) is 0.607. The first-order valence-corrected chi connectivity index (χ1v) is 6.16. The van der Waals surface area contributed by atoms with Crippen LogP contribution in [0.25, 0.3) is 0 Å². The number of nitrogens with zero attached hydrogens (tertiary/aromatic N) is 1. The third-order valence-electron chi connectivity index (χ3n) is 3.44. The summed E-state index contributed by atoms with van der Waals surface area (Å²) in [6, 6.07) is 3.92. The summed E-state index contributed by atoms with van der Waals surface area (Å²) in [5.41, 5.74) is 0. The minimum atomic E-state index is 0.106. The fourth-order valence-corrected chi connectivity index (χ4v) is 2.03. The zero-order chi connectivity index (χ0) is 12.3. The van der Waals surface area contributed by atoms with Gasteiger partial charge in [0.1, 0.15) is 5.76 Å². The van der Waals surface area contributed by atoms with Crippen molar-refractivity contribution in [2.75, 3.05) is 20.6 Å². The molecule has 1 atom stereocenters. The Morgan fingerprint density at radius 2 is 2.35 bits per heavy atom. The number of rotatable bonds is 5. The van der Waals surface area contributed by atoms with Gasteiger partial charge in [0.15, 0.2) is 0 Å². The van der Waals surface area contributed by atoms with Crippen LogP contribution in [0.1, 0.15) is 31.1 Å². The number of hydrogen-bond donors (Lipinski definition) is 1. The van der Waals surface area contributed by atoms with Gasteiger partial charge in [-0.15, -0.1) is 0 Å². The molecule has 1 N–H and O–H groups in total. The van der Waals surface area contributed by atoms with E-state index >= 15 is 0 Å². The summed E-state index contributed by atoms with van der Waals surface area (Å²) in [5, 5.41) is 3.01. The van der Waals surface area contributed by atoms with Crippen LogP contribution in [0.2, 0.25) is 0 Å². The maximum atomic E-state index is 11.8. The molecule has 1 saturated carbocycles. The number of carbonyl (C=O) groups is 1. The summed E-state index contributed by atoms with van der Waals surface area (Å²) in [6.07, 6.45) is 4.94. The molecular formula is C13H20N2O2. The fourth-order valence-electron chi connectivity index (χ4n) is 2.03. The van der Waals surface area contributed by atoms with Gasteiger partial charge in [0, 0.05) is 12.5 Å². The van der Waals surface area contributed by atoms with Gasteiger partial charge in [0.05, 0.1) is 12.3 Å². The molecular weight excluding hydrogens is 216 g/mol. The lowest BCUT2D eigenvalue weighted by molar-refractivity contribution is -0.127. The second-order valence-corrected chi connectivity index (χ2v) is 4.87. The summed E-state index contributed by atoms with van der Waals surface area (Å²) in [5.74, 6) is 1.33. The standard InChI is InChI=1S/C13H20N2O2/c1-15(2)11(12-7-4-8-17-12)9-14-13(16)10-5-3-6-10/h4,7-8,10-11H,3,5-6,9H2,1-2H3,(H,14,16)/t11-/m1/s1. The van der Waals surface area contributed by atoms with Gasteiger partial charge in [0.25, 0.3) is 0 Å². The molecule has 4 heteroatoms. The Kier molecular flexibility index (Phi) is 3.84. The number of likely N-dealkylation sites (N-methyl/N-ethyl adjacent to an activating group) is 1. The maximum Gasteiger partial charge on any atom is 0.223 e. The van der Waals surface area contributed by atoms with Crippen LogP contribution < -0.4 is 5.32 Å². The Morgan fingerprint density at radius 1 is 1.59 bits per heavy atom. The first-order valence-electron chi connectivity index (χ1n) is 6.16. The Morgan fingerprint density at radius 3 is 2.82 bits per heavy atom. The van der Waals surface area contributed by atoms with Crippen molar-refractivity contribution in [1.82, 2.24) is 10.2 Å². The van der Waals surface area contributed by atoms with Crippen molar-refractivity contribution in [2.45, 2.75) is 25.3 Å². The minimum absolute atomic E-state index is 0.106. The van der Waals surface area contributed by atoms with E-state index in [1.165, 1.54) is 6.42 Å². The molecule has 17 heavy (non-hydrogen) atoms. The molecule has 1 aromatic heterocycles. The van der Waals surface area contributed by atoms with E-state index in [0.29, 0.717) is 6.54 Å². The second-order valence-electron chi connectivity index (χ2n) is 4.87. The number of nitrogens with one attached hydrogen (secondary N) is 1. The summed E-state index contributed by atoms with van der Waals surface area (Å²) >= 11 is 0. The predicted octanol–water partition coefficient (Wildman–Crippen LogP) is 1.80. The van der Waals surface area contributed by atoms with Gasteiger partial charge < -0.3 is 9.73 Å². The Labute approximate surface area is 102 Å². The highest BCUT2D eigenvalue weighted by atomic mass is 16.3. The van der Waals surface area contributed by atoms with Gasteiger partial charge in [-0.2, -0.15) is 0 Å². The van der Waals surface area contributed by atoms with Crippen molar-refractivity contribution in [3.05, 3.63) is 24.2 Å². The van der Waals surface area contributed by atoms with Crippen LogP contribution in [-0.2, 0) is 4.79 Å². The van der Waals surface area contributed by atoms with Crippen LogP contribution in [-0.4, -0.2) is 31.4 Å². The van der Waals surface area contributed by atoms with Gasteiger partial charge in [-0.25, -0.2) is 0 Å². The molecule has 1 amide bonds. The quantitative estimate of drug-likeness (QED) is 0.848. The van der Waals surface area contributed by atoms with Crippen LogP contribution in [0.15, 0.2) is 22.8 Å². The fraction of sp³-hybridized carbons (Fsp3) is 0.615. The lowest BCUT2D eigenvalue weighted by Gasteiger charge is -2.27. The molecule has 0 spiro atoms. The van der Waals surface area contributed by atoms with E-state index in [1.807, 2.05) is 26.2 Å². The minimum Gasteiger partial charge on any atom is -0.468 e. The van der Waals surface area contributed by atoms with Gasteiger partial charge >= 0.3 is 0 Å². The molecule has 1 aromatic rings. The van der Waals surface area contributed by atoms with E-state index in [0.717, 1.165) is 18.6 Å². The third-order valence-corrected chi connectivity index (χ3v) is 3.44. The van der Waals surface area contributed by atoms with E-state index in [4.69, 9.17) is 4.42 Å². The van der Waals surface area contributed by atoms with Gasteiger partial charge in [-0.1, -0.05) is 6.42 Å². The topological polar surface area (TPSA) is 45.5 Å². The highest BCUT2D eigenvalue weighted by Gasteiger charge is 2.26. The van der Waals surface area contributed by atoms with Crippen LogP contribution >= 0.6 is 0 Å². The van der Waals surface area contributed by atoms with Crippen molar-refractivity contribution in [3.63, 3.8) is 0 Å². The highest BCUT2D eigenvalue weighted by molar-refractivity contribution is 5.79. The SMILES string of the molecule is CN(C)[C@H](CNC(=O)C1CCC1)c1ccco1. The van der Waals surface area contributed by atoms with Crippen LogP contribution in [0.4, 0.5) is 0 Å². The predicted molar refractivity (Wildman–Crippen MR) is 65.5 cm³/mol. The van der Waals surface area contributed by atoms with E-state index in [2.05, 4.69) is 10.2 Å². The Hall–Kier alpha value is -1.29. The summed E-state index contributed by atoms with van der Waals surface area (Å²) < 4.78 is 5.40. The Balaban J connectivity index is 1.88. The average Bonchev–Trinajstić information content (AvgIpc) is 2.67. The van der Waals surface area contributed by atoms with Crippen molar-refractivity contribution < 1.29 is 9.21 Å². The number of amides is 1. The van der Waals surface area contributed by atoms with Gasteiger partial charge in [-0.05, 0) is 39.1 Å². The van der Waals surface area contributed by atoms with Crippen LogP contribution in [0.3, 0.4) is 0 Å². The largest absolute Gasteiger partial charge is 0.468 e. The molecule has 0 radical (unpaired) electrons. The molecule has 2 rings (SSSR count). The maximum absolute atomic E-state index is 11.8. The molecule has 0 unspecified atom stereocenters. The third kappa shape index (κ3) is 2.88. The van der Waals surface area contributed by atoms with Crippen molar-refractivity contribution in [2.24, 2.45) is 5.92 Å². The molecule has 0 saturated heterocycles. The van der Waals surface area contributed by atoms with Crippen molar-refractivity contribution in [1.29, 1.82) is 0 Å². The van der Waals surface area contributed by atoms with E-state index < -0.39 is 0 Å². The summed E-state index contributed by atoms with van der Waals surface area (Å²) in [4.78, 5) is 13.8. The molecule has 0 bridgehead atoms. The molecule has 0 aliphatic heterocycles. The van der Waals surface area contributed by atoms with E-state index in [1.54, 1.807) is 6.26 Å². The molecule has 1 heterocycles. The molecule has 94 valence electrons. The van der Waals surface area contributed by atoms with E-state index in [9.17, 15) is 4.79 Å². The molecule has 1 aliphatic carbocycles. The van der Waals surface area contributed by atoms with Crippen LogP contribution in [0, 0.1) is 5.92 Å². The molecule has 0 aromatic carbocycles. The Bertz CT molecular complexity index is 356. The van der Waals surface area contributed by atoms with Crippen molar-refractivity contribution in [3.8, 4) is 0 Å². The number of carbonyl (C=O) groups excluding carboxylic acids is 1. The lowest BCUT2D eigenvalue weighted by atomic mass is 9.85. The summed E-state index contributed by atoms with van der Waals surface area (Å²) in [7, 11) is 3.98. The molecule has 1 aliphatic rings. The van der Waals surface area contributed by atoms with E-state index in [-0.39, 0.29) is 17.9 Å². The zero-order valence-electron chi connectivity index (χ0n) is 10.5. The number of furan rings is 1. The van der Waals surface area contributed by atoms with Gasteiger partial charge in [0.2, 0.25) is 5.91 Å². The first kappa shape index (κ1) is 12.2. The zero-order valence-corrected chi connectivity index (χ0v) is 10.5. The second kappa shape index (κ2) is 5.36. The average molecular weight is 236 g/mol. The monoisotopic (exact) mass is 236 g/mol. The molecule has 4 nitrogen and oxygen atoms in total. The number of hydrogen-bond acceptors (Lipinski definition) is 3. The van der Waals surface area contributed by atoms with Gasteiger partial charge in [-0.3, -0.25) is 9.69 Å². The molecule has 1 fully saturated rings. The first-order chi connectivity index (χ1) is 8.18. The van der Waals surface area contributed by atoms with Crippen molar-refractivity contribution >= 4 is 5.91 Å². The normalized spacial score (nSPS) is 17.8. The lowest BCUT2D eigenvalue weighted by Crippen LogP contribution is -2.39. The highest BCUT2D eigenvalue weighted by Crippen LogP contribution is 2.26.